The van der Waals surface area contributed by atoms with E-state index in [1.54, 1.807) is 10.8 Å². The first-order valence-corrected chi connectivity index (χ1v) is 9.16. The molecule has 0 unspecified atom stereocenters. The van der Waals surface area contributed by atoms with E-state index in [2.05, 4.69) is 39.1 Å². The van der Waals surface area contributed by atoms with Gasteiger partial charge in [-0.3, -0.25) is 9.55 Å². The molecule has 0 radical (unpaired) electrons. The highest BCUT2D eigenvalue weighted by atomic mass is 16.5. The summed E-state index contributed by atoms with van der Waals surface area (Å²) in [6.45, 7) is 4.11. The summed E-state index contributed by atoms with van der Waals surface area (Å²) in [4.78, 5) is 26.4. The summed E-state index contributed by atoms with van der Waals surface area (Å²) < 4.78 is 7.14. The Labute approximate surface area is 150 Å². The van der Waals surface area contributed by atoms with Gasteiger partial charge in [0.1, 0.15) is 0 Å². The number of anilines is 1. The summed E-state index contributed by atoms with van der Waals surface area (Å²) in [5.41, 5.74) is 4.07. The predicted molar refractivity (Wildman–Crippen MR) is 99.3 cm³/mol. The molecule has 26 heavy (non-hydrogen) atoms. The molecule has 5 rings (SSSR count). The zero-order valence-electron chi connectivity index (χ0n) is 14.5. The second-order valence-corrected chi connectivity index (χ2v) is 7.06. The van der Waals surface area contributed by atoms with Gasteiger partial charge in [-0.2, -0.15) is 0 Å². The quantitative estimate of drug-likeness (QED) is 0.778. The van der Waals surface area contributed by atoms with Crippen molar-refractivity contribution in [3.8, 4) is 11.3 Å². The van der Waals surface area contributed by atoms with Gasteiger partial charge in [0.2, 0.25) is 0 Å². The van der Waals surface area contributed by atoms with Gasteiger partial charge in [0.05, 0.1) is 25.1 Å². The van der Waals surface area contributed by atoms with Crippen molar-refractivity contribution in [2.75, 3.05) is 31.2 Å². The molecule has 1 N–H and O–H groups in total. The third-order valence-electron chi connectivity index (χ3n) is 5.16. The third kappa shape index (κ3) is 2.88. The molecule has 0 bridgehead atoms. The average Bonchev–Trinajstić information content (AvgIpc) is 3.46. The van der Waals surface area contributed by atoms with Crippen LogP contribution in [0.2, 0.25) is 0 Å². The van der Waals surface area contributed by atoms with Gasteiger partial charge in [0.25, 0.3) is 0 Å². The predicted octanol–water partition coefficient (Wildman–Crippen LogP) is 2.03. The topological polar surface area (TPSA) is 76.0 Å². The number of fused-ring (bicyclic) bond motifs is 1. The number of hydrogen-bond acceptors (Lipinski definition) is 5. The van der Waals surface area contributed by atoms with E-state index in [0.717, 1.165) is 44.1 Å². The van der Waals surface area contributed by atoms with E-state index >= 15 is 0 Å². The largest absolute Gasteiger partial charge is 0.378 e. The van der Waals surface area contributed by atoms with Gasteiger partial charge in [-0.1, -0.05) is 12.1 Å². The van der Waals surface area contributed by atoms with Crippen LogP contribution in [0.15, 0.2) is 35.3 Å². The van der Waals surface area contributed by atoms with Gasteiger partial charge in [0, 0.05) is 30.9 Å². The van der Waals surface area contributed by atoms with Crippen LogP contribution in [0.3, 0.4) is 0 Å². The van der Waals surface area contributed by atoms with Crippen molar-refractivity contribution in [3.63, 3.8) is 0 Å². The van der Waals surface area contributed by atoms with E-state index in [1.807, 2.05) is 0 Å². The Hall–Kier alpha value is -2.67. The SMILES string of the molecule is O=c1[nH]c2ncc(-c3ccc(N4CCOCC4)cc3)nc2n1CC1CC1. The third-order valence-corrected chi connectivity index (χ3v) is 5.16. The van der Waals surface area contributed by atoms with Gasteiger partial charge in [-0.05, 0) is 30.9 Å². The highest BCUT2D eigenvalue weighted by Gasteiger charge is 2.24. The summed E-state index contributed by atoms with van der Waals surface area (Å²) in [6.07, 6.45) is 4.11. The number of benzene rings is 1. The molecule has 2 fully saturated rings. The summed E-state index contributed by atoms with van der Waals surface area (Å²) in [5.74, 6) is 0.602. The lowest BCUT2D eigenvalue weighted by molar-refractivity contribution is 0.122. The molecule has 7 heteroatoms. The van der Waals surface area contributed by atoms with Crippen LogP contribution >= 0.6 is 0 Å². The smallest absolute Gasteiger partial charge is 0.328 e. The number of rotatable bonds is 4. The van der Waals surface area contributed by atoms with E-state index in [4.69, 9.17) is 9.72 Å². The van der Waals surface area contributed by atoms with E-state index in [0.29, 0.717) is 17.2 Å². The maximum absolute atomic E-state index is 12.2. The van der Waals surface area contributed by atoms with Crippen molar-refractivity contribution in [3.05, 3.63) is 40.9 Å². The fraction of sp³-hybridized carbons (Fsp3) is 0.421. The Morgan fingerprint density at radius 1 is 1.15 bits per heavy atom. The van der Waals surface area contributed by atoms with Crippen molar-refractivity contribution >= 4 is 17.0 Å². The molecule has 3 aromatic rings. The van der Waals surface area contributed by atoms with E-state index in [-0.39, 0.29) is 5.69 Å². The first-order chi connectivity index (χ1) is 12.8. The molecule has 0 amide bonds. The van der Waals surface area contributed by atoms with Crippen LogP contribution in [0.25, 0.3) is 22.6 Å². The van der Waals surface area contributed by atoms with Crippen LogP contribution in [-0.2, 0) is 11.3 Å². The van der Waals surface area contributed by atoms with E-state index < -0.39 is 0 Å². The molecule has 1 aliphatic heterocycles. The molecule has 1 aromatic carbocycles. The van der Waals surface area contributed by atoms with Crippen molar-refractivity contribution in [2.45, 2.75) is 19.4 Å². The fourth-order valence-electron chi connectivity index (χ4n) is 3.45. The van der Waals surface area contributed by atoms with E-state index in [9.17, 15) is 4.79 Å². The van der Waals surface area contributed by atoms with Crippen molar-refractivity contribution in [1.29, 1.82) is 0 Å². The Bertz CT molecular complexity index is 981. The number of H-pyrrole nitrogens is 1. The molecule has 0 atom stereocenters. The highest BCUT2D eigenvalue weighted by molar-refractivity contribution is 5.71. The minimum absolute atomic E-state index is 0.119. The number of imidazole rings is 1. The molecule has 1 aliphatic carbocycles. The number of ether oxygens (including phenoxy) is 1. The lowest BCUT2D eigenvalue weighted by atomic mass is 10.1. The van der Waals surface area contributed by atoms with Gasteiger partial charge in [0.15, 0.2) is 11.3 Å². The second kappa shape index (κ2) is 6.25. The van der Waals surface area contributed by atoms with Crippen LogP contribution in [0.4, 0.5) is 5.69 Å². The molecule has 3 heterocycles. The molecule has 1 saturated heterocycles. The Kier molecular flexibility index (Phi) is 3.74. The minimum atomic E-state index is -0.119. The van der Waals surface area contributed by atoms with Crippen LogP contribution in [0.1, 0.15) is 12.8 Å². The molecule has 134 valence electrons. The standard InChI is InChI=1S/C19H21N5O2/c25-19-22-17-18(24(19)12-13-1-2-13)21-16(11-20-17)14-3-5-15(6-4-14)23-7-9-26-10-8-23/h3-6,11,13H,1-2,7-10,12H2,(H,20,22,25). The lowest BCUT2D eigenvalue weighted by Gasteiger charge is -2.28. The summed E-state index contributed by atoms with van der Waals surface area (Å²) >= 11 is 0. The molecule has 1 saturated carbocycles. The van der Waals surface area contributed by atoms with Crippen LogP contribution in [0.5, 0.6) is 0 Å². The van der Waals surface area contributed by atoms with Crippen molar-refractivity contribution in [2.24, 2.45) is 5.92 Å². The van der Waals surface area contributed by atoms with E-state index in [1.165, 1.54) is 18.5 Å². The van der Waals surface area contributed by atoms with Gasteiger partial charge in [-0.25, -0.2) is 14.8 Å². The number of aromatic nitrogens is 4. The normalized spacial score (nSPS) is 17.8. The minimum Gasteiger partial charge on any atom is -0.378 e. The Morgan fingerprint density at radius 2 is 1.92 bits per heavy atom. The first-order valence-electron chi connectivity index (χ1n) is 9.16. The molecule has 2 aliphatic rings. The van der Waals surface area contributed by atoms with Gasteiger partial charge < -0.3 is 9.64 Å². The zero-order chi connectivity index (χ0) is 17.5. The number of aromatic amines is 1. The average molecular weight is 351 g/mol. The number of nitrogens with zero attached hydrogens (tertiary/aromatic N) is 4. The van der Waals surface area contributed by atoms with Crippen LogP contribution in [-0.4, -0.2) is 45.8 Å². The molecule has 0 spiro atoms. The Morgan fingerprint density at radius 3 is 2.65 bits per heavy atom. The number of morpholine rings is 1. The summed E-state index contributed by atoms with van der Waals surface area (Å²) in [5, 5.41) is 0. The van der Waals surface area contributed by atoms with Crippen LogP contribution < -0.4 is 10.6 Å². The maximum atomic E-state index is 12.2. The van der Waals surface area contributed by atoms with Gasteiger partial charge in [-0.15, -0.1) is 0 Å². The van der Waals surface area contributed by atoms with Crippen molar-refractivity contribution < 1.29 is 4.74 Å². The lowest BCUT2D eigenvalue weighted by Crippen LogP contribution is -2.36. The van der Waals surface area contributed by atoms with Gasteiger partial charge >= 0.3 is 5.69 Å². The number of hydrogen-bond donors (Lipinski definition) is 1. The maximum Gasteiger partial charge on any atom is 0.328 e. The highest BCUT2D eigenvalue weighted by Crippen LogP contribution is 2.31. The monoisotopic (exact) mass is 351 g/mol. The molecular formula is C19H21N5O2. The zero-order valence-corrected chi connectivity index (χ0v) is 14.5. The molecule has 2 aromatic heterocycles. The fourth-order valence-corrected chi connectivity index (χ4v) is 3.45. The summed E-state index contributed by atoms with van der Waals surface area (Å²) in [7, 11) is 0. The molecule has 7 nitrogen and oxygen atoms in total. The Balaban J connectivity index is 1.47. The number of nitrogens with one attached hydrogen (secondary N) is 1. The van der Waals surface area contributed by atoms with Crippen molar-refractivity contribution in [1.82, 2.24) is 19.5 Å². The second-order valence-electron chi connectivity index (χ2n) is 7.06. The van der Waals surface area contributed by atoms with Crippen LogP contribution in [0, 0.1) is 5.92 Å². The first kappa shape index (κ1) is 15.6. The summed E-state index contributed by atoms with van der Waals surface area (Å²) in [6, 6.07) is 8.36. The molecular weight excluding hydrogens is 330 g/mol.